The Morgan fingerprint density at radius 3 is 3.12 bits per heavy atom. The molecule has 3 rings (SSSR count). The van der Waals surface area contributed by atoms with Crippen LogP contribution in [0, 0.1) is 12.8 Å². The van der Waals surface area contributed by atoms with Crippen molar-refractivity contribution in [2.75, 3.05) is 26.2 Å². The van der Waals surface area contributed by atoms with Gasteiger partial charge in [0.05, 0.1) is 18.2 Å². The van der Waals surface area contributed by atoms with E-state index in [0.717, 1.165) is 43.9 Å². The van der Waals surface area contributed by atoms with Gasteiger partial charge in [-0.25, -0.2) is 4.98 Å². The monoisotopic (exact) mass is 340 g/mol. The maximum Gasteiger partial charge on any atom is 0.271 e. The van der Waals surface area contributed by atoms with Gasteiger partial charge in [-0.15, -0.1) is 0 Å². The Hall–Kier alpha value is -2.47. The number of hydrogen-bond acceptors (Lipinski definition) is 5. The summed E-state index contributed by atoms with van der Waals surface area (Å²) in [4.78, 5) is 22.8. The molecule has 0 aromatic carbocycles. The number of carbonyl (C=O) groups is 1. The number of nitrogens with one attached hydrogen (secondary N) is 1. The van der Waals surface area contributed by atoms with Crippen molar-refractivity contribution in [3.05, 3.63) is 54.0 Å². The minimum absolute atomic E-state index is 0.151. The fraction of sp³-hybridized carbons (Fsp3) is 0.421. The molecule has 2 aromatic heterocycles. The molecule has 25 heavy (non-hydrogen) atoms. The summed E-state index contributed by atoms with van der Waals surface area (Å²) in [6.07, 6.45) is 11.2. The molecule has 3 heterocycles. The summed E-state index contributed by atoms with van der Waals surface area (Å²) in [7, 11) is 0. The summed E-state index contributed by atoms with van der Waals surface area (Å²) in [6, 6.07) is 3.83. The van der Waals surface area contributed by atoms with Gasteiger partial charge in [-0.05, 0) is 50.4 Å². The second-order valence-corrected chi connectivity index (χ2v) is 6.44. The molecular formula is C19H24N4O2. The topological polar surface area (TPSA) is 71.3 Å². The van der Waals surface area contributed by atoms with E-state index in [4.69, 9.17) is 4.42 Å². The van der Waals surface area contributed by atoms with Gasteiger partial charge in [0.15, 0.2) is 0 Å². The minimum Gasteiger partial charge on any atom is -0.465 e. The molecule has 132 valence electrons. The number of rotatable bonds is 6. The number of furan rings is 1. The van der Waals surface area contributed by atoms with Crippen LogP contribution in [0.3, 0.4) is 0 Å². The molecule has 1 saturated heterocycles. The average Bonchev–Trinajstić information content (AvgIpc) is 3.14. The zero-order valence-electron chi connectivity index (χ0n) is 14.5. The van der Waals surface area contributed by atoms with E-state index in [2.05, 4.69) is 26.3 Å². The number of carbonyl (C=O) groups excluding carboxylic acids is 1. The minimum atomic E-state index is -0.151. The van der Waals surface area contributed by atoms with Gasteiger partial charge in [-0.2, -0.15) is 0 Å². The zero-order valence-corrected chi connectivity index (χ0v) is 14.5. The lowest BCUT2D eigenvalue weighted by Gasteiger charge is -2.32. The third-order valence-corrected chi connectivity index (χ3v) is 4.36. The molecule has 6 nitrogen and oxygen atoms in total. The van der Waals surface area contributed by atoms with Crippen LogP contribution in [0.4, 0.5) is 0 Å². The number of hydrogen-bond donors (Lipinski definition) is 1. The lowest BCUT2D eigenvalue weighted by molar-refractivity contribution is 0.0929. The average molecular weight is 340 g/mol. The van der Waals surface area contributed by atoms with Gasteiger partial charge >= 0.3 is 0 Å². The molecule has 0 bridgehead atoms. The first kappa shape index (κ1) is 17.4. The van der Waals surface area contributed by atoms with E-state index in [1.807, 2.05) is 25.1 Å². The van der Waals surface area contributed by atoms with Crippen molar-refractivity contribution in [2.45, 2.75) is 19.8 Å². The Morgan fingerprint density at radius 2 is 2.36 bits per heavy atom. The fourth-order valence-electron chi connectivity index (χ4n) is 3.03. The number of amides is 1. The first-order valence-electron chi connectivity index (χ1n) is 8.70. The summed E-state index contributed by atoms with van der Waals surface area (Å²) in [5, 5.41) is 2.99. The van der Waals surface area contributed by atoms with Crippen molar-refractivity contribution in [1.82, 2.24) is 20.2 Å². The Labute approximate surface area is 148 Å². The summed E-state index contributed by atoms with van der Waals surface area (Å²) in [5.41, 5.74) is 1.18. The highest BCUT2D eigenvalue weighted by Crippen LogP contribution is 2.16. The molecule has 1 N–H and O–H groups in total. The lowest BCUT2D eigenvalue weighted by atomic mass is 9.98. The largest absolute Gasteiger partial charge is 0.465 e. The Morgan fingerprint density at radius 1 is 1.44 bits per heavy atom. The third kappa shape index (κ3) is 5.26. The van der Waals surface area contributed by atoms with Gasteiger partial charge in [-0.1, -0.05) is 6.08 Å². The molecule has 0 radical (unpaired) electrons. The van der Waals surface area contributed by atoms with E-state index in [1.165, 1.54) is 6.20 Å². The summed E-state index contributed by atoms with van der Waals surface area (Å²) in [5.74, 6) is 1.19. The smallest absolute Gasteiger partial charge is 0.271 e. The van der Waals surface area contributed by atoms with Gasteiger partial charge in [0.25, 0.3) is 5.91 Å². The first-order chi connectivity index (χ1) is 12.2. The second-order valence-electron chi connectivity index (χ2n) is 6.44. The molecule has 1 amide bonds. The molecule has 1 aliphatic heterocycles. The van der Waals surface area contributed by atoms with Crippen LogP contribution in [0.1, 0.15) is 34.8 Å². The van der Waals surface area contributed by atoms with E-state index in [0.29, 0.717) is 18.2 Å². The Bertz CT molecular complexity index is 695. The highest BCUT2D eigenvalue weighted by molar-refractivity contribution is 5.91. The van der Waals surface area contributed by atoms with Crippen LogP contribution < -0.4 is 5.32 Å². The Kier molecular flexibility index (Phi) is 5.95. The number of aromatic nitrogens is 2. The number of likely N-dealkylation sites (tertiary alicyclic amines) is 1. The van der Waals surface area contributed by atoms with Crippen LogP contribution in [0.15, 0.2) is 41.3 Å². The van der Waals surface area contributed by atoms with E-state index in [9.17, 15) is 4.79 Å². The maximum absolute atomic E-state index is 12.1. The van der Waals surface area contributed by atoms with E-state index in [1.54, 1.807) is 12.5 Å². The van der Waals surface area contributed by atoms with Crippen molar-refractivity contribution in [2.24, 2.45) is 5.92 Å². The van der Waals surface area contributed by atoms with Crippen molar-refractivity contribution < 1.29 is 9.21 Å². The van der Waals surface area contributed by atoms with Gasteiger partial charge in [0, 0.05) is 25.8 Å². The summed E-state index contributed by atoms with van der Waals surface area (Å²) < 4.78 is 5.29. The van der Waals surface area contributed by atoms with Crippen LogP contribution >= 0.6 is 0 Å². The molecular weight excluding hydrogens is 316 g/mol. The number of piperidine rings is 1. The quantitative estimate of drug-likeness (QED) is 0.875. The van der Waals surface area contributed by atoms with Gasteiger partial charge in [0.1, 0.15) is 11.5 Å². The highest BCUT2D eigenvalue weighted by Gasteiger charge is 2.20. The normalized spacial score (nSPS) is 18.5. The fourth-order valence-corrected chi connectivity index (χ4v) is 3.03. The van der Waals surface area contributed by atoms with Crippen molar-refractivity contribution in [3.8, 4) is 0 Å². The van der Waals surface area contributed by atoms with E-state index >= 15 is 0 Å². The molecule has 1 atom stereocenters. The lowest BCUT2D eigenvalue weighted by Crippen LogP contribution is -2.41. The highest BCUT2D eigenvalue weighted by atomic mass is 16.3. The van der Waals surface area contributed by atoms with Crippen LogP contribution in [-0.2, 0) is 0 Å². The summed E-state index contributed by atoms with van der Waals surface area (Å²) >= 11 is 0. The van der Waals surface area contributed by atoms with Gasteiger partial charge in [0.2, 0.25) is 0 Å². The predicted molar refractivity (Wildman–Crippen MR) is 96.0 cm³/mol. The standard InChI is InChI=1S/C19H24N4O2/c1-15-11-21-18(13-20-15)19(24)22-12-16-5-2-8-23(14-16)9-3-6-17-7-4-10-25-17/h3-4,6-7,10-11,13,16H,2,5,8-9,12,14H2,1H3,(H,22,24)/b6-3+. The molecule has 0 saturated carbocycles. The van der Waals surface area contributed by atoms with Crippen LogP contribution in [0.25, 0.3) is 6.08 Å². The number of nitrogens with zero attached hydrogens (tertiary/aromatic N) is 3. The van der Waals surface area contributed by atoms with E-state index in [-0.39, 0.29) is 5.91 Å². The molecule has 0 aliphatic carbocycles. The third-order valence-electron chi connectivity index (χ3n) is 4.36. The summed E-state index contributed by atoms with van der Waals surface area (Å²) in [6.45, 7) is 5.51. The SMILES string of the molecule is Cc1cnc(C(=O)NCC2CCCN(C/C=C/c3ccco3)C2)cn1. The molecule has 1 fully saturated rings. The van der Waals surface area contributed by atoms with E-state index < -0.39 is 0 Å². The second kappa shape index (κ2) is 8.58. The van der Waals surface area contributed by atoms with Crippen molar-refractivity contribution in [1.29, 1.82) is 0 Å². The van der Waals surface area contributed by atoms with Gasteiger partial charge < -0.3 is 9.73 Å². The Balaban J connectivity index is 1.43. The molecule has 6 heteroatoms. The van der Waals surface area contributed by atoms with Gasteiger partial charge in [-0.3, -0.25) is 14.7 Å². The van der Waals surface area contributed by atoms with Crippen molar-refractivity contribution >= 4 is 12.0 Å². The number of aryl methyl sites for hydroxylation is 1. The molecule has 1 unspecified atom stereocenters. The maximum atomic E-state index is 12.1. The molecule has 1 aliphatic rings. The first-order valence-corrected chi connectivity index (χ1v) is 8.70. The predicted octanol–water partition coefficient (Wildman–Crippen LogP) is 2.53. The van der Waals surface area contributed by atoms with Crippen molar-refractivity contribution in [3.63, 3.8) is 0 Å². The molecule has 2 aromatic rings. The molecule has 0 spiro atoms. The zero-order chi connectivity index (χ0) is 17.5. The van der Waals surface area contributed by atoms with Crippen LogP contribution in [0.2, 0.25) is 0 Å². The van der Waals surface area contributed by atoms with Crippen LogP contribution in [0.5, 0.6) is 0 Å². The van der Waals surface area contributed by atoms with Crippen LogP contribution in [-0.4, -0.2) is 47.0 Å².